The van der Waals surface area contributed by atoms with Gasteiger partial charge in [0.1, 0.15) is 6.10 Å². The van der Waals surface area contributed by atoms with Crippen LogP contribution in [0.25, 0.3) is 22.0 Å². The summed E-state index contributed by atoms with van der Waals surface area (Å²) >= 11 is 0. The van der Waals surface area contributed by atoms with Gasteiger partial charge in [-0.25, -0.2) is 18.3 Å². The fraction of sp³-hybridized carbons (Fsp3) is 0.160. The van der Waals surface area contributed by atoms with Crippen molar-refractivity contribution in [3.63, 3.8) is 0 Å². The van der Waals surface area contributed by atoms with E-state index in [-0.39, 0.29) is 16.6 Å². The molecule has 0 spiro atoms. The molecule has 4 aromatic rings. The lowest BCUT2D eigenvalue weighted by Gasteiger charge is -2.14. The smallest absolute Gasteiger partial charge is 0.414 e. The Hall–Kier alpha value is -3.98. The predicted octanol–water partition coefficient (Wildman–Crippen LogP) is 3.56. The van der Waals surface area contributed by atoms with Crippen molar-refractivity contribution in [3.8, 4) is 11.3 Å². The van der Waals surface area contributed by atoms with Crippen LogP contribution in [0.1, 0.15) is 5.56 Å². The summed E-state index contributed by atoms with van der Waals surface area (Å²) in [6, 6.07) is 21.2. The molecule has 9 heteroatoms. The molecule has 1 saturated heterocycles. The van der Waals surface area contributed by atoms with Gasteiger partial charge in [0.25, 0.3) is 5.56 Å². The highest BCUT2D eigenvalue weighted by molar-refractivity contribution is 7.90. The summed E-state index contributed by atoms with van der Waals surface area (Å²) in [5.74, 6) is 0. The molecule has 1 N–H and O–H groups in total. The molecule has 1 fully saturated rings. The number of rotatable bonds is 5. The Kier molecular flexibility index (Phi) is 5.41. The van der Waals surface area contributed by atoms with E-state index in [1.165, 1.54) is 6.26 Å². The fourth-order valence-electron chi connectivity index (χ4n) is 4.11. The number of aromatic amines is 1. The van der Waals surface area contributed by atoms with E-state index in [0.29, 0.717) is 29.7 Å². The Bertz CT molecular complexity index is 1540. The summed E-state index contributed by atoms with van der Waals surface area (Å²) in [5.41, 5.74) is 2.80. The molecule has 1 aliphatic heterocycles. The number of carbonyl (C=O) groups is 1. The van der Waals surface area contributed by atoms with E-state index in [1.807, 2.05) is 36.4 Å². The maximum absolute atomic E-state index is 12.5. The zero-order valence-corrected chi connectivity index (χ0v) is 19.1. The van der Waals surface area contributed by atoms with Crippen molar-refractivity contribution < 1.29 is 17.9 Å². The molecule has 1 atom stereocenters. The number of hydrogen-bond acceptors (Lipinski definition) is 6. The number of anilines is 1. The summed E-state index contributed by atoms with van der Waals surface area (Å²) in [6.45, 7) is 0.381. The van der Waals surface area contributed by atoms with Crippen LogP contribution in [0, 0.1) is 0 Å². The number of nitrogens with zero attached hydrogens (tertiary/aromatic N) is 2. The normalized spacial score (nSPS) is 16.1. The van der Waals surface area contributed by atoms with Gasteiger partial charge in [-0.05, 0) is 35.9 Å². The fourth-order valence-corrected chi connectivity index (χ4v) is 4.74. The van der Waals surface area contributed by atoms with E-state index in [0.717, 1.165) is 16.5 Å². The Morgan fingerprint density at radius 1 is 0.971 bits per heavy atom. The second-order valence-electron chi connectivity index (χ2n) is 8.23. The van der Waals surface area contributed by atoms with Crippen LogP contribution < -0.4 is 10.5 Å². The molecule has 3 aromatic carbocycles. The Balaban J connectivity index is 1.33. The number of cyclic esters (lactones) is 1. The number of benzene rings is 3. The highest BCUT2D eigenvalue weighted by Crippen LogP contribution is 2.29. The minimum Gasteiger partial charge on any atom is -0.444 e. The van der Waals surface area contributed by atoms with E-state index in [9.17, 15) is 18.0 Å². The van der Waals surface area contributed by atoms with Gasteiger partial charge in [0.15, 0.2) is 9.84 Å². The Morgan fingerprint density at radius 3 is 2.32 bits per heavy atom. The maximum Gasteiger partial charge on any atom is 0.414 e. The van der Waals surface area contributed by atoms with Gasteiger partial charge in [-0.2, -0.15) is 5.10 Å². The molecule has 0 saturated carbocycles. The number of amides is 1. The summed E-state index contributed by atoms with van der Waals surface area (Å²) < 4.78 is 28.8. The third-order valence-corrected chi connectivity index (χ3v) is 6.97. The molecule has 1 aliphatic rings. The van der Waals surface area contributed by atoms with Gasteiger partial charge < -0.3 is 4.74 Å². The first-order valence-corrected chi connectivity index (χ1v) is 12.5. The van der Waals surface area contributed by atoms with E-state index in [1.54, 1.807) is 41.3 Å². The maximum atomic E-state index is 12.5. The lowest BCUT2D eigenvalue weighted by atomic mass is 10.0. The standard InChI is InChI=1S/C25H21N3O5S/c1-34(31,32)20-12-6-16(7-13-20)14-19-15-28(25(30)33-19)18-10-8-17(9-11-18)23-21-4-2-3-5-22(21)24(29)27-26-23/h2-13,19H,14-15H2,1H3,(H,27,29). The zero-order valence-electron chi connectivity index (χ0n) is 18.3. The second kappa shape index (κ2) is 8.42. The molecule has 1 amide bonds. The summed E-state index contributed by atoms with van der Waals surface area (Å²) in [7, 11) is -3.25. The molecule has 8 nitrogen and oxygen atoms in total. The molecule has 5 rings (SSSR count). The molecular formula is C25H21N3O5S. The SMILES string of the molecule is CS(=O)(=O)c1ccc(CC2CN(c3ccc(-c4n[nH]c(=O)c5ccccc45)cc3)C(=O)O2)cc1. The predicted molar refractivity (Wildman–Crippen MR) is 129 cm³/mol. The van der Waals surface area contributed by atoms with E-state index in [2.05, 4.69) is 10.2 Å². The van der Waals surface area contributed by atoms with Crippen LogP contribution in [0.5, 0.6) is 0 Å². The van der Waals surface area contributed by atoms with Gasteiger partial charge in [0.2, 0.25) is 0 Å². The van der Waals surface area contributed by atoms with Gasteiger partial charge in [0.05, 0.1) is 22.5 Å². The first kappa shape index (κ1) is 21.8. The lowest BCUT2D eigenvalue weighted by molar-refractivity contribution is 0.141. The van der Waals surface area contributed by atoms with Crippen LogP contribution in [0.3, 0.4) is 0 Å². The molecule has 34 heavy (non-hydrogen) atoms. The first-order valence-electron chi connectivity index (χ1n) is 10.6. The van der Waals surface area contributed by atoms with Crippen LogP contribution in [-0.4, -0.2) is 43.6 Å². The molecule has 0 bridgehead atoms. The molecule has 0 radical (unpaired) electrons. The highest BCUT2D eigenvalue weighted by Gasteiger charge is 2.32. The minimum atomic E-state index is -3.25. The van der Waals surface area contributed by atoms with Crippen LogP contribution in [0.4, 0.5) is 10.5 Å². The average molecular weight is 476 g/mol. The average Bonchev–Trinajstić information content (AvgIpc) is 3.19. The Labute approximate surface area is 195 Å². The van der Waals surface area contributed by atoms with Crippen LogP contribution in [0.2, 0.25) is 0 Å². The second-order valence-corrected chi connectivity index (χ2v) is 10.2. The van der Waals surface area contributed by atoms with Crippen LogP contribution >= 0.6 is 0 Å². The topological polar surface area (TPSA) is 109 Å². The zero-order chi connectivity index (χ0) is 23.9. The Morgan fingerprint density at radius 2 is 1.65 bits per heavy atom. The third kappa shape index (κ3) is 4.17. The van der Waals surface area contributed by atoms with E-state index in [4.69, 9.17) is 4.74 Å². The van der Waals surface area contributed by atoms with Crippen molar-refractivity contribution in [3.05, 3.63) is 88.7 Å². The van der Waals surface area contributed by atoms with Crippen molar-refractivity contribution in [2.75, 3.05) is 17.7 Å². The number of carbonyl (C=O) groups excluding carboxylic acids is 1. The molecular weight excluding hydrogens is 454 g/mol. The molecule has 1 unspecified atom stereocenters. The summed E-state index contributed by atoms with van der Waals surface area (Å²) in [4.78, 5) is 26.4. The van der Waals surface area contributed by atoms with Crippen LogP contribution in [-0.2, 0) is 21.0 Å². The molecule has 1 aromatic heterocycles. The first-order chi connectivity index (χ1) is 16.3. The van der Waals surface area contributed by atoms with Crippen molar-refractivity contribution in [2.24, 2.45) is 0 Å². The third-order valence-electron chi connectivity index (χ3n) is 5.84. The highest BCUT2D eigenvalue weighted by atomic mass is 32.2. The lowest BCUT2D eigenvalue weighted by Crippen LogP contribution is -2.24. The van der Waals surface area contributed by atoms with Gasteiger partial charge in [-0.1, -0.05) is 42.5 Å². The van der Waals surface area contributed by atoms with Crippen molar-refractivity contribution in [1.82, 2.24) is 10.2 Å². The van der Waals surface area contributed by atoms with Crippen molar-refractivity contribution >= 4 is 32.4 Å². The molecule has 2 heterocycles. The number of aromatic nitrogens is 2. The van der Waals surface area contributed by atoms with Gasteiger partial charge >= 0.3 is 6.09 Å². The number of sulfone groups is 1. The number of H-pyrrole nitrogens is 1. The number of ether oxygens (including phenoxy) is 1. The van der Waals surface area contributed by atoms with Gasteiger partial charge in [-0.15, -0.1) is 0 Å². The monoisotopic (exact) mass is 475 g/mol. The molecule has 172 valence electrons. The van der Waals surface area contributed by atoms with E-state index < -0.39 is 15.9 Å². The summed E-state index contributed by atoms with van der Waals surface area (Å²) in [6.07, 6.45) is 0.871. The minimum absolute atomic E-state index is 0.243. The number of fused-ring (bicyclic) bond motifs is 1. The van der Waals surface area contributed by atoms with Crippen LogP contribution in [0.15, 0.2) is 82.5 Å². The number of nitrogens with one attached hydrogen (secondary N) is 1. The quantitative estimate of drug-likeness (QED) is 0.473. The van der Waals surface area contributed by atoms with Gasteiger partial charge in [0, 0.05) is 29.3 Å². The van der Waals surface area contributed by atoms with E-state index >= 15 is 0 Å². The van der Waals surface area contributed by atoms with Crippen molar-refractivity contribution in [1.29, 1.82) is 0 Å². The largest absolute Gasteiger partial charge is 0.444 e. The molecule has 0 aliphatic carbocycles. The van der Waals surface area contributed by atoms with Crippen molar-refractivity contribution in [2.45, 2.75) is 17.4 Å². The van der Waals surface area contributed by atoms with Gasteiger partial charge in [-0.3, -0.25) is 9.69 Å². The number of hydrogen-bond donors (Lipinski definition) is 1. The summed E-state index contributed by atoms with van der Waals surface area (Å²) in [5, 5.41) is 8.07.